The molecule has 0 aliphatic heterocycles. The predicted molar refractivity (Wildman–Crippen MR) is 86.5 cm³/mol. The zero-order chi connectivity index (χ0) is 16.0. The van der Waals surface area contributed by atoms with Crippen molar-refractivity contribution in [3.8, 4) is 0 Å². The zero-order valence-corrected chi connectivity index (χ0v) is 13.3. The topological polar surface area (TPSA) is 89.3 Å². The summed E-state index contributed by atoms with van der Waals surface area (Å²) in [6.45, 7) is 7.11. The molecule has 0 aliphatic rings. The molecule has 1 aromatic carbocycles. The second-order valence-corrected chi connectivity index (χ2v) is 6.13. The Bertz CT molecular complexity index is 613. The quantitative estimate of drug-likeness (QED) is 0.651. The lowest BCUT2D eigenvalue weighted by Crippen LogP contribution is -2.33. The van der Waals surface area contributed by atoms with E-state index in [0.29, 0.717) is 24.2 Å². The van der Waals surface area contributed by atoms with Gasteiger partial charge in [-0.3, -0.25) is 0 Å². The summed E-state index contributed by atoms with van der Waals surface area (Å²) in [6.07, 6.45) is 0.896. The van der Waals surface area contributed by atoms with Crippen LogP contribution in [0.15, 0.2) is 39.8 Å². The fourth-order valence-electron chi connectivity index (χ4n) is 1.81. The van der Waals surface area contributed by atoms with E-state index < -0.39 is 0 Å². The van der Waals surface area contributed by atoms with E-state index in [1.807, 2.05) is 39.0 Å². The van der Waals surface area contributed by atoms with Crippen molar-refractivity contribution in [2.45, 2.75) is 39.2 Å². The Morgan fingerprint density at radius 3 is 2.64 bits per heavy atom. The van der Waals surface area contributed by atoms with Crippen LogP contribution in [0.2, 0.25) is 0 Å². The van der Waals surface area contributed by atoms with Crippen molar-refractivity contribution in [1.29, 1.82) is 0 Å². The summed E-state index contributed by atoms with van der Waals surface area (Å²) in [5.74, 6) is 1.53. The minimum atomic E-state index is -0.158. The van der Waals surface area contributed by atoms with E-state index in [9.17, 15) is 0 Å². The van der Waals surface area contributed by atoms with Crippen LogP contribution in [0.5, 0.6) is 0 Å². The molecule has 0 saturated carbocycles. The third kappa shape index (κ3) is 4.87. The number of nitrogens with two attached hydrogens (primary N) is 1. The second kappa shape index (κ2) is 7.06. The maximum atomic E-state index is 5.83. The first-order valence-electron chi connectivity index (χ1n) is 7.36. The Morgan fingerprint density at radius 1 is 1.27 bits per heavy atom. The molecule has 0 amide bonds. The molecule has 0 bridgehead atoms. The van der Waals surface area contributed by atoms with E-state index in [1.165, 1.54) is 5.56 Å². The lowest BCUT2D eigenvalue weighted by molar-refractivity contribution is 0.318. The summed E-state index contributed by atoms with van der Waals surface area (Å²) in [5.41, 5.74) is 6.93. The lowest BCUT2D eigenvalue weighted by atomic mass is 9.97. The molecule has 6 nitrogen and oxygen atoms in total. The van der Waals surface area contributed by atoms with Gasteiger partial charge in [-0.1, -0.05) is 56.3 Å². The average Bonchev–Trinajstić information content (AvgIpc) is 2.95. The van der Waals surface area contributed by atoms with E-state index in [2.05, 4.69) is 32.6 Å². The van der Waals surface area contributed by atoms with Gasteiger partial charge in [-0.05, 0) is 12.0 Å². The molecule has 0 unspecified atom stereocenters. The first kappa shape index (κ1) is 16.0. The van der Waals surface area contributed by atoms with Gasteiger partial charge in [0.15, 0.2) is 11.8 Å². The van der Waals surface area contributed by atoms with Crippen LogP contribution in [0.4, 0.5) is 0 Å². The summed E-state index contributed by atoms with van der Waals surface area (Å²) in [7, 11) is 0. The Morgan fingerprint density at radius 2 is 2.00 bits per heavy atom. The van der Waals surface area contributed by atoms with E-state index in [-0.39, 0.29) is 5.41 Å². The van der Waals surface area contributed by atoms with E-state index in [4.69, 9.17) is 10.3 Å². The molecule has 2 aromatic rings. The highest BCUT2D eigenvalue weighted by Gasteiger charge is 2.21. The molecule has 1 heterocycles. The zero-order valence-electron chi connectivity index (χ0n) is 13.3. The molecular weight excluding hydrogens is 278 g/mol. The van der Waals surface area contributed by atoms with Gasteiger partial charge in [-0.25, -0.2) is 4.99 Å². The maximum absolute atomic E-state index is 5.83. The number of nitrogens with one attached hydrogen (secondary N) is 1. The minimum Gasteiger partial charge on any atom is -0.370 e. The van der Waals surface area contributed by atoms with Crippen LogP contribution in [0.3, 0.4) is 0 Å². The SMILES string of the molecule is CC(C)(C)c1nc(CN=C(N)NCCc2ccccc2)no1. The summed E-state index contributed by atoms with van der Waals surface area (Å²) in [4.78, 5) is 8.53. The highest BCUT2D eigenvalue weighted by atomic mass is 16.5. The van der Waals surface area contributed by atoms with Crippen molar-refractivity contribution >= 4 is 5.96 Å². The van der Waals surface area contributed by atoms with Crippen LogP contribution in [0.25, 0.3) is 0 Å². The molecule has 0 spiro atoms. The second-order valence-electron chi connectivity index (χ2n) is 6.13. The summed E-state index contributed by atoms with van der Waals surface area (Å²) >= 11 is 0. The van der Waals surface area contributed by atoms with Crippen molar-refractivity contribution in [2.75, 3.05) is 6.54 Å². The predicted octanol–water partition coefficient (Wildman–Crippen LogP) is 2.01. The Balaban J connectivity index is 1.79. The molecule has 3 N–H and O–H groups in total. The molecule has 0 atom stereocenters. The standard InChI is InChI=1S/C16H23N5O/c1-16(2,3)14-20-13(21-22-14)11-19-15(17)18-10-9-12-7-5-4-6-8-12/h4-8H,9-11H2,1-3H3,(H3,17,18,19). The monoisotopic (exact) mass is 301 g/mol. The van der Waals surface area contributed by atoms with Crippen molar-refractivity contribution in [1.82, 2.24) is 15.5 Å². The normalized spacial score (nSPS) is 12.4. The van der Waals surface area contributed by atoms with Crippen LogP contribution < -0.4 is 11.1 Å². The maximum Gasteiger partial charge on any atom is 0.232 e. The molecule has 118 valence electrons. The number of guanidine groups is 1. The lowest BCUT2D eigenvalue weighted by Gasteiger charge is -2.10. The average molecular weight is 301 g/mol. The van der Waals surface area contributed by atoms with Crippen LogP contribution in [0.1, 0.15) is 38.0 Å². The first-order chi connectivity index (χ1) is 10.4. The molecular formula is C16H23N5O. The summed E-state index contributed by atoms with van der Waals surface area (Å²) < 4.78 is 5.21. The number of nitrogens with zero attached hydrogens (tertiary/aromatic N) is 3. The van der Waals surface area contributed by atoms with Gasteiger partial charge >= 0.3 is 0 Å². The van der Waals surface area contributed by atoms with Gasteiger partial charge in [-0.15, -0.1) is 0 Å². The fraction of sp³-hybridized carbons (Fsp3) is 0.438. The van der Waals surface area contributed by atoms with Gasteiger partial charge < -0.3 is 15.6 Å². The Kier molecular flexibility index (Phi) is 5.14. The van der Waals surface area contributed by atoms with Crippen molar-refractivity contribution in [3.63, 3.8) is 0 Å². The molecule has 1 aromatic heterocycles. The number of rotatable bonds is 5. The van der Waals surface area contributed by atoms with Crippen molar-refractivity contribution in [3.05, 3.63) is 47.6 Å². The Hall–Kier alpha value is -2.37. The highest BCUT2D eigenvalue weighted by molar-refractivity contribution is 5.77. The van der Waals surface area contributed by atoms with Gasteiger partial charge in [0.1, 0.15) is 6.54 Å². The van der Waals surface area contributed by atoms with Gasteiger partial charge in [0.05, 0.1) is 0 Å². The highest BCUT2D eigenvalue weighted by Crippen LogP contribution is 2.19. The number of hydrogen-bond donors (Lipinski definition) is 2. The third-order valence-electron chi connectivity index (χ3n) is 3.06. The molecule has 0 aliphatic carbocycles. The van der Waals surface area contributed by atoms with E-state index in [1.54, 1.807) is 0 Å². The minimum absolute atomic E-state index is 0.158. The molecule has 0 saturated heterocycles. The van der Waals surface area contributed by atoms with Crippen LogP contribution in [-0.4, -0.2) is 22.6 Å². The number of aliphatic imine (C=N–C) groups is 1. The van der Waals surface area contributed by atoms with E-state index >= 15 is 0 Å². The van der Waals surface area contributed by atoms with Crippen LogP contribution in [-0.2, 0) is 18.4 Å². The van der Waals surface area contributed by atoms with Gasteiger partial charge in [-0.2, -0.15) is 4.98 Å². The molecule has 2 rings (SSSR count). The van der Waals surface area contributed by atoms with Crippen LogP contribution >= 0.6 is 0 Å². The Labute approximate surface area is 130 Å². The van der Waals surface area contributed by atoms with E-state index in [0.717, 1.165) is 13.0 Å². The number of hydrogen-bond acceptors (Lipinski definition) is 4. The van der Waals surface area contributed by atoms with Gasteiger partial charge in [0.25, 0.3) is 0 Å². The molecule has 0 fully saturated rings. The third-order valence-corrected chi connectivity index (χ3v) is 3.06. The summed E-state index contributed by atoms with van der Waals surface area (Å²) in [6, 6.07) is 10.2. The van der Waals surface area contributed by atoms with Crippen LogP contribution in [0, 0.1) is 0 Å². The van der Waals surface area contributed by atoms with Crippen molar-refractivity contribution < 1.29 is 4.52 Å². The fourth-order valence-corrected chi connectivity index (χ4v) is 1.81. The smallest absolute Gasteiger partial charge is 0.232 e. The number of benzene rings is 1. The summed E-state index contributed by atoms with van der Waals surface area (Å²) in [5, 5.41) is 6.99. The number of aromatic nitrogens is 2. The molecule has 22 heavy (non-hydrogen) atoms. The van der Waals surface area contributed by atoms with Gasteiger partial charge in [0.2, 0.25) is 5.89 Å². The van der Waals surface area contributed by atoms with Gasteiger partial charge in [0, 0.05) is 12.0 Å². The largest absolute Gasteiger partial charge is 0.370 e. The molecule has 0 radical (unpaired) electrons. The molecule has 6 heteroatoms. The first-order valence-corrected chi connectivity index (χ1v) is 7.36. The van der Waals surface area contributed by atoms with Crippen molar-refractivity contribution in [2.24, 2.45) is 10.7 Å².